The summed E-state index contributed by atoms with van der Waals surface area (Å²) in [5.41, 5.74) is -0.598. The van der Waals surface area contributed by atoms with Crippen LogP contribution in [-0.2, 0) is 12.6 Å². The largest absolute Gasteiger partial charge is 0.417 e. The van der Waals surface area contributed by atoms with Crippen LogP contribution in [0, 0.1) is 0 Å². The predicted molar refractivity (Wildman–Crippen MR) is 57.6 cm³/mol. The van der Waals surface area contributed by atoms with E-state index in [9.17, 15) is 13.2 Å². The lowest BCUT2D eigenvalue weighted by Gasteiger charge is -2.06. The monoisotopic (exact) mass is 246 g/mol. The van der Waals surface area contributed by atoms with Crippen LogP contribution < -0.4 is 0 Å². The number of hydrogen-bond donors (Lipinski definition) is 1. The first kappa shape index (κ1) is 11.4. The SMILES string of the molecule is OCCc1cc2cccc(C(F)(F)F)c2s1. The van der Waals surface area contributed by atoms with Crippen LogP contribution in [0.5, 0.6) is 0 Å². The summed E-state index contributed by atoms with van der Waals surface area (Å²) >= 11 is 1.10. The zero-order valence-corrected chi connectivity index (χ0v) is 9.03. The maximum absolute atomic E-state index is 12.7. The number of halogens is 3. The van der Waals surface area contributed by atoms with E-state index in [-0.39, 0.29) is 11.3 Å². The first-order chi connectivity index (χ1) is 7.52. The van der Waals surface area contributed by atoms with E-state index in [2.05, 4.69) is 0 Å². The number of thiophene rings is 1. The second-order valence-electron chi connectivity index (χ2n) is 3.41. The molecular formula is C11H9F3OS. The molecule has 16 heavy (non-hydrogen) atoms. The summed E-state index contributed by atoms with van der Waals surface area (Å²) < 4.78 is 38.3. The molecule has 2 aromatic rings. The molecule has 5 heteroatoms. The van der Waals surface area contributed by atoms with Crippen LogP contribution in [0.15, 0.2) is 24.3 Å². The van der Waals surface area contributed by atoms with Gasteiger partial charge in [0.2, 0.25) is 0 Å². The van der Waals surface area contributed by atoms with Gasteiger partial charge in [0, 0.05) is 22.6 Å². The molecule has 0 atom stereocenters. The molecule has 2 rings (SSSR count). The van der Waals surface area contributed by atoms with E-state index in [0.29, 0.717) is 11.8 Å². The van der Waals surface area contributed by atoms with Crippen molar-refractivity contribution in [2.75, 3.05) is 6.61 Å². The van der Waals surface area contributed by atoms with Gasteiger partial charge in [-0.15, -0.1) is 11.3 Å². The lowest BCUT2D eigenvalue weighted by molar-refractivity contribution is -0.136. The van der Waals surface area contributed by atoms with Crippen LogP contribution in [0.2, 0.25) is 0 Å². The number of alkyl halides is 3. The predicted octanol–water partition coefficient (Wildman–Crippen LogP) is 3.45. The lowest BCUT2D eigenvalue weighted by atomic mass is 10.1. The van der Waals surface area contributed by atoms with Crippen molar-refractivity contribution in [3.8, 4) is 0 Å². The molecule has 1 heterocycles. The first-order valence-corrected chi connectivity index (χ1v) is 5.53. The molecule has 86 valence electrons. The van der Waals surface area contributed by atoms with Crippen molar-refractivity contribution in [2.45, 2.75) is 12.6 Å². The van der Waals surface area contributed by atoms with Gasteiger partial charge in [0.1, 0.15) is 0 Å². The van der Waals surface area contributed by atoms with E-state index < -0.39 is 11.7 Å². The van der Waals surface area contributed by atoms with Crippen LogP contribution in [0.1, 0.15) is 10.4 Å². The van der Waals surface area contributed by atoms with E-state index in [1.54, 1.807) is 12.1 Å². The topological polar surface area (TPSA) is 20.2 Å². The van der Waals surface area contributed by atoms with Gasteiger partial charge in [-0.2, -0.15) is 13.2 Å². The second kappa shape index (κ2) is 4.07. The van der Waals surface area contributed by atoms with Crippen molar-refractivity contribution in [3.05, 3.63) is 34.7 Å². The molecule has 0 saturated heterocycles. The van der Waals surface area contributed by atoms with Crippen molar-refractivity contribution in [3.63, 3.8) is 0 Å². The Morgan fingerprint density at radius 2 is 2.00 bits per heavy atom. The number of rotatable bonds is 2. The Morgan fingerprint density at radius 1 is 1.25 bits per heavy atom. The molecule has 0 bridgehead atoms. The normalized spacial score (nSPS) is 12.2. The molecule has 0 aliphatic rings. The first-order valence-electron chi connectivity index (χ1n) is 4.72. The maximum Gasteiger partial charge on any atom is 0.417 e. The van der Waals surface area contributed by atoms with Gasteiger partial charge in [-0.25, -0.2) is 0 Å². The average molecular weight is 246 g/mol. The Labute approximate surface area is 94.1 Å². The summed E-state index contributed by atoms with van der Waals surface area (Å²) in [4.78, 5) is 0.772. The molecule has 0 saturated carbocycles. The molecule has 1 aromatic carbocycles. The minimum atomic E-state index is -4.32. The zero-order valence-electron chi connectivity index (χ0n) is 8.21. The maximum atomic E-state index is 12.7. The molecule has 0 unspecified atom stereocenters. The van der Waals surface area contributed by atoms with Crippen molar-refractivity contribution in [1.29, 1.82) is 0 Å². The highest BCUT2D eigenvalue weighted by atomic mass is 32.1. The molecule has 0 amide bonds. The molecular weight excluding hydrogens is 237 g/mol. The minimum Gasteiger partial charge on any atom is -0.396 e. The minimum absolute atomic E-state index is 0.0474. The number of aliphatic hydroxyl groups excluding tert-OH is 1. The van der Waals surface area contributed by atoms with Crippen LogP contribution >= 0.6 is 11.3 Å². The molecule has 0 aliphatic heterocycles. The van der Waals surface area contributed by atoms with Crippen LogP contribution in [-0.4, -0.2) is 11.7 Å². The van der Waals surface area contributed by atoms with Gasteiger partial charge in [0.25, 0.3) is 0 Å². The zero-order chi connectivity index (χ0) is 11.8. The quantitative estimate of drug-likeness (QED) is 0.860. The highest BCUT2D eigenvalue weighted by Gasteiger charge is 2.33. The number of aliphatic hydroxyl groups is 1. The van der Waals surface area contributed by atoms with Crippen molar-refractivity contribution in [1.82, 2.24) is 0 Å². The highest BCUT2D eigenvalue weighted by molar-refractivity contribution is 7.19. The van der Waals surface area contributed by atoms with Gasteiger partial charge in [0.05, 0.1) is 5.56 Å². The van der Waals surface area contributed by atoms with Crippen LogP contribution in [0.3, 0.4) is 0 Å². The fourth-order valence-corrected chi connectivity index (χ4v) is 2.75. The summed E-state index contributed by atoms with van der Waals surface area (Å²) in [6.07, 6.45) is -3.92. The fraction of sp³-hybridized carbons (Fsp3) is 0.273. The third-order valence-electron chi connectivity index (χ3n) is 2.26. The molecule has 0 aliphatic carbocycles. The van der Waals surface area contributed by atoms with E-state index in [4.69, 9.17) is 5.11 Å². The van der Waals surface area contributed by atoms with Crippen molar-refractivity contribution >= 4 is 21.4 Å². The van der Waals surface area contributed by atoms with E-state index >= 15 is 0 Å². The van der Waals surface area contributed by atoms with Crippen LogP contribution in [0.25, 0.3) is 10.1 Å². The van der Waals surface area contributed by atoms with Crippen LogP contribution in [0.4, 0.5) is 13.2 Å². The summed E-state index contributed by atoms with van der Waals surface area (Å²) in [6, 6.07) is 5.84. The Morgan fingerprint density at radius 3 is 2.62 bits per heavy atom. The molecule has 0 radical (unpaired) electrons. The third kappa shape index (κ3) is 2.05. The van der Waals surface area contributed by atoms with Gasteiger partial charge >= 0.3 is 6.18 Å². The lowest BCUT2D eigenvalue weighted by Crippen LogP contribution is -2.04. The molecule has 0 spiro atoms. The molecule has 1 nitrogen and oxygen atoms in total. The van der Waals surface area contributed by atoms with E-state index in [1.165, 1.54) is 6.07 Å². The van der Waals surface area contributed by atoms with Gasteiger partial charge in [-0.3, -0.25) is 0 Å². The van der Waals surface area contributed by atoms with E-state index in [1.807, 2.05) is 0 Å². The number of hydrogen-bond acceptors (Lipinski definition) is 2. The summed E-state index contributed by atoms with van der Waals surface area (Å²) in [7, 11) is 0. The highest BCUT2D eigenvalue weighted by Crippen LogP contribution is 2.38. The van der Waals surface area contributed by atoms with Gasteiger partial charge in [0.15, 0.2) is 0 Å². The van der Waals surface area contributed by atoms with Crippen molar-refractivity contribution in [2.24, 2.45) is 0 Å². The number of benzene rings is 1. The summed E-state index contributed by atoms with van der Waals surface area (Å²) in [6.45, 7) is -0.0474. The average Bonchev–Trinajstić information content (AvgIpc) is 2.58. The van der Waals surface area contributed by atoms with Gasteiger partial charge in [-0.1, -0.05) is 12.1 Å². The Bertz CT molecular complexity index is 501. The van der Waals surface area contributed by atoms with E-state index in [0.717, 1.165) is 22.3 Å². The molecule has 1 aromatic heterocycles. The van der Waals surface area contributed by atoms with Crippen molar-refractivity contribution < 1.29 is 18.3 Å². The molecule has 1 N–H and O–H groups in total. The Kier molecular flexibility index (Phi) is 2.90. The van der Waals surface area contributed by atoms with Gasteiger partial charge in [-0.05, 0) is 17.5 Å². The molecule has 0 fully saturated rings. The second-order valence-corrected chi connectivity index (χ2v) is 4.54. The van der Waals surface area contributed by atoms with Gasteiger partial charge < -0.3 is 5.11 Å². The third-order valence-corrected chi connectivity index (χ3v) is 3.50. The summed E-state index contributed by atoms with van der Waals surface area (Å²) in [5, 5.41) is 9.34. The Hall–Kier alpha value is -1.07. The fourth-order valence-electron chi connectivity index (χ4n) is 1.57. The summed E-state index contributed by atoms with van der Waals surface area (Å²) in [5.74, 6) is 0. The Balaban J connectivity index is 2.59. The standard InChI is InChI=1S/C11H9F3OS/c12-11(13,14)9-3-1-2-7-6-8(4-5-15)16-10(7)9/h1-3,6,15H,4-5H2. The smallest absolute Gasteiger partial charge is 0.396 e. The number of fused-ring (bicyclic) bond motifs is 1.